The summed E-state index contributed by atoms with van der Waals surface area (Å²) in [6.07, 6.45) is 3.90. The Balaban J connectivity index is 1.74. The van der Waals surface area contributed by atoms with Gasteiger partial charge in [-0.25, -0.2) is 0 Å². The molecule has 1 fully saturated rings. The molecule has 108 valence electrons. The van der Waals surface area contributed by atoms with Crippen molar-refractivity contribution in [3.8, 4) is 5.75 Å². The highest BCUT2D eigenvalue weighted by atomic mass is 16.5. The Morgan fingerprint density at radius 1 is 1.00 bits per heavy atom. The third-order valence-electron chi connectivity index (χ3n) is 4.18. The first-order valence-corrected chi connectivity index (χ1v) is 7.65. The molecule has 1 aliphatic carbocycles. The van der Waals surface area contributed by atoms with Crippen molar-refractivity contribution in [3.05, 3.63) is 65.2 Å². The van der Waals surface area contributed by atoms with Crippen LogP contribution in [-0.4, -0.2) is 12.4 Å². The molecule has 0 aliphatic heterocycles. The molecular formula is C19H20O2. The lowest BCUT2D eigenvalue weighted by Gasteiger charge is -2.25. The Morgan fingerprint density at radius 2 is 1.57 bits per heavy atom. The average molecular weight is 280 g/mol. The Labute approximate surface area is 125 Å². The quantitative estimate of drug-likeness (QED) is 0.749. The van der Waals surface area contributed by atoms with Gasteiger partial charge in [0.05, 0.1) is 6.61 Å². The highest BCUT2D eigenvalue weighted by molar-refractivity contribution is 6.09. The van der Waals surface area contributed by atoms with E-state index in [1.54, 1.807) is 0 Å². The number of hydrogen-bond acceptors (Lipinski definition) is 2. The summed E-state index contributed by atoms with van der Waals surface area (Å²) >= 11 is 0. The summed E-state index contributed by atoms with van der Waals surface area (Å²) in [7, 11) is 0. The van der Waals surface area contributed by atoms with E-state index in [0.29, 0.717) is 18.1 Å². The third-order valence-corrected chi connectivity index (χ3v) is 4.18. The highest BCUT2D eigenvalue weighted by Gasteiger charge is 2.19. The number of carbonyl (C=O) groups excluding carboxylic acids is 1. The Hall–Kier alpha value is -2.09. The zero-order valence-corrected chi connectivity index (χ0v) is 12.3. The van der Waals surface area contributed by atoms with Crippen molar-refractivity contribution in [2.75, 3.05) is 6.61 Å². The number of ketones is 1. The number of ether oxygens (including phenoxy) is 1. The van der Waals surface area contributed by atoms with E-state index in [9.17, 15) is 4.79 Å². The minimum atomic E-state index is 0.0678. The molecule has 0 spiro atoms. The minimum absolute atomic E-state index is 0.0678. The van der Waals surface area contributed by atoms with E-state index in [-0.39, 0.29) is 5.78 Å². The van der Waals surface area contributed by atoms with Crippen LogP contribution in [0.1, 0.15) is 53.6 Å². The third kappa shape index (κ3) is 2.99. The van der Waals surface area contributed by atoms with E-state index < -0.39 is 0 Å². The molecule has 2 aromatic rings. The molecule has 21 heavy (non-hydrogen) atoms. The summed E-state index contributed by atoms with van der Waals surface area (Å²) in [5.41, 5.74) is 2.82. The molecule has 0 aromatic heterocycles. The molecule has 0 radical (unpaired) electrons. The van der Waals surface area contributed by atoms with Crippen molar-refractivity contribution in [2.24, 2.45) is 0 Å². The summed E-state index contributed by atoms with van der Waals surface area (Å²) in [5, 5.41) is 0. The van der Waals surface area contributed by atoms with Gasteiger partial charge < -0.3 is 4.74 Å². The smallest absolute Gasteiger partial charge is 0.193 e. The van der Waals surface area contributed by atoms with Crippen LogP contribution in [0.25, 0.3) is 0 Å². The summed E-state index contributed by atoms with van der Waals surface area (Å²) in [6, 6.07) is 15.5. The van der Waals surface area contributed by atoms with Gasteiger partial charge >= 0.3 is 0 Å². The molecule has 0 unspecified atom stereocenters. The Kier molecular flexibility index (Phi) is 4.05. The number of rotatable bonds is 5. The maximum atomic E-state index is 12.4. The Morgan fingerprint density at radius 3 is 2.05 bits per heavy atom. The number of carbonyl (C=O) groups is 1. The molecule has 1 saturated carbocycles. The van der Waals surface area contributed by atoms with Crippen LogP contribution in [0, 0.1) is 0 Å². The van der Waals surface area contributed by atoms with Gasteiger partial charge in [0.25, 0.3) is 0 Å². The van der Waals surface area contributed by atoms with Gasteiger partial charge in [0.2, 0.25) is 0 Å². The van der Waals surface area contributed by atoms with E-state index in [0.717, 1.165) is 11.3 Å². The van der Waals surface area contributed by atoms with Crippen LogP contribution in [0.3, 0.4) is 0 Å². The zero-order valence-electron chi connectivity index (χ0n) is 12.3. The lowest BCUT2D eigenvalue weighted by atomic mass is 9.80. The van der Waals surface area contributed by atoms with Crippen LogP contribution in [0.5, 0.6) is 5.75 Å². The van der Waals surface area contributed by atoms with E-state index in [2.05, 4.69) is 12.1 Å². The average Bonchev–Trinajstić information content (AvgIpc) is 2.47. The van der Waals surface area contributed by atoms with Crippen molar-refractivity contribution in [1.29, 1.82) is 0 Å². The second kappa shape index (κ2) is 6.13. The summed E-state index contributed by atoms with van der Waals surface area (Å²) in [5.74, 6) is 1.58. The van der Waals surface area contributed by atoms with Gasteiger partial charge in [-0.15, -0.1) is 0 Å². The van der Waals surface area contributed by atoms with Crippen molar-refractivity contribution in [1.82, 2.24) is 0 Å². The number of benzene rings is 2. The van der Waals surface area contributed by atoms with Gasteiger partial charge in [0.1, 0.15) is 5.75 Å². The van der Waals surface area contributed by atoms with Crippen molar-refractivity contribution in [3.63, 3.8) is 0 Å². The van der Waals surface area contributed by atoms with Crippen LogP contribution in [-0.2, 0) is 0 Å². The van der Waals surface area contributed by atoms with E-state index in [1.165, 1.54) is 24.8 Å². The highest BCUT2D eigenvalue weighted by Crippen LogP contribution is 2.36. The Bertz CT molecular complexity index is 607. The fraction of sp³-hybridized carbons (Fsp3) is 0.316. The van der Waals surface area contributed by atoms with Crippen LogP contribution in [0.15, 0.2) is 48.5 Å². The maximum Gasteiger partial charge on any atom is 0.193 e. The standard InChI is InChI=1S/C19H20O2/c1-2-21-18-12-10-17(11-13-18)19(20)16-8-6-15(7-9-16)14-4-3-5-14/h6-14H,2-5H2,1H3. The largest absolute Gasteiger partial charge is 0.494 e. The fourth-order valence-electron chi connectivity index (χ4n) is 2.68. The normalized spacial score (nSPS) is 14.5. The molecule has 0 N–H and O–H groups in total. The molecule has 0 heterocycles. The van der Waals surface area contributed by atoms with Gasteiger partial charge in [0.15, 0.2) is 5.78 Å². The molecule has 0 saturated heterocycles. The zero-order chi connectivity index (χ0) is 14.7. The molecule has 0 amide bonds. The number of hydrogen-bond donors (Lipinski definition) is 0. The van der Waals surface area contributed by atoms with Crippen LogP contribution < -0.4 is 4.74 Å². The van der Waals surface area contributed by atoms with Crippen LogP contribution >= 0.6 is 0 Å². The summed E-state index contributed by atoms with van der Waals surface area (Å²) in [6.45, 7) is 2.58. The van der Waals surface area contributed by atoms with Gasteiger partial charge in [-0.3, -0.25) is 4.79 Å². The first-order chi connectivity index (χ1) is 10.3. The fourth-order valence-corrected chi connectivity index (χ4v) is 2.68. The molecule has 3 rings (SSSR count). The summed E-state index contributed by atoms with van der Waals surface area (Å²) < 4.78 is 5.40. The summed E-state index contributed by atoms with van der Waals surface area (Å²) in [4.78, 5) is 12.4. The van der Waals surface area contributed by atoms with E-state index in [1.807, 2.05) is 43.3 Å². The monoisotopic (exact) mass is 280 g/mol. The molecule has 2 nitrogen and oxygen atoms in total. The first kappa shape index (κ1) is 13.9. The maximum absolute atomic E-state index is 12.4. The van der Waals surface area contributed by atoms with Gasteiger partial charge in [-0.1, -0.05) is 30.7 Å². The van der Waals surface area contributed by atoms with Crippen molar-refractivity contribution in [2.45, 2.75) is 32.1 Å². The van der Waals surface area contributed by atoms with Crippen molar-refractivity contribution < 1.29 is 9.53 Å². The SMILES string of the molecule is CCOc1ccc(C(=O)c2ccc(C3CCC3)cc2)cc1. The van der Waals surface area contributed by atoms with Gasteiger partial charge in [-0.2, -0.15) is 0 Å². The van der Waals surface area contributed by atoms with E-state index in [4.69, 9.17) is 4.74 Å². The second-order valence-electron chi connectivity index (χ2n) is 5.54. The van der Waals surface area contributed by atoms with E-state index >= 15 is 0 Å². The lowest BCUT2D eigenvalue weighted by molar-refractivity contribution is 0.103. The van der Waals surface area contributed by atoms with Crippen LogP contribution in [0.2, 0.25) is 0 Å². The first-order valence-electron chi connectivity index (χ1n) is 7.65. The van der Waals surface area contributed by atoms with Crippen molar-refractivity contribution >= 4 is 5.78 Å². The predicted molar refractivity (Wildman–Crippen MR) is 84.1 cm³/mol. The minimum Gasteiger partial charge on any atom is -0.494 e. The molecule has 2 heteroatoms. The molecule has 1 aliphatic rings. The molecule has 0 atom stereocenters. The topological polar surface area (TPSA) is 26.3 Å². The lowest BCUT2D eigenvalue weighted by Crippen LogP contribution is -2.09. The van der Waals surface area contributed by atoms with Gasteiger partial charge in [0, 0.05) is 11.1 Å². The predicted octanol–water partition coefficient (Wildman–Crippen LogP) is 4.58. The molecule has 2 aromatic carbocycles. The second-order valence-corrected chi connectivity index (χ2v) is 5.54. The van der Waals surface area contributed by atoms with Gasteiger partial charge in [-0.05, 0) is 55.5 Å². The van der Waals surface area contributed by atoms with Crippen LogP contribution in [0.4, 0.5) is 0 Å². The molecule has 0 bridgehead atoms. The molecular weight excluding hydrogens is 260 g/mol.